The average Bonchev–Trinajstić information content (AvgIpc) is 3.11. The van der Waals surface area contributed by atoms with Gasteiger partial charge in [0.1, 0.15) is 31.0 Å². The molecule has 2 heterocycles. The lowest BCUT2D eigenvalue weighted by atomic mass is 10.1. The molecule has 2 aromatic rings. The van der Waals surface area contributed by atoms with Crippen LogP contribution >= 0.6 is 0 Å². The van der Waals surface area contributed by atoms with Crippen LogP contribution in [0.15, 0.2) is 24.5 Å². The predicted molar refractivity (Wildman–Crippen MR) is 78.5 cm³/mol. The first-order valence-corrected chi connectivity index (χ1v) is 7.14. The topological polar surface area (TPSA) is 61.2 Å². The first kappa shape index (κ1) is 13.9. The van der Waals surface area contributed by atoms with E-state index < -0.39 is 0 Å². The fourth-order valence-corrected chi connectivity index (χ4v) is 2.48. The largest absolute Gasteiger partial charge is 0.491 e. The highest BCUT2D eigenvalue weighted by Crippen LogP contribution is 2.35. The van der Waals surface area contributed by atoms with Gasteiger partial charge in [0.15, 0.2) is 5.82 Å². The lowest BCUT2D eigenvalue weighted by Gasteiger charge is -2.11. The summed E-state index contributed by atoms with van der Waals surface area (Å²) >= 11 is 0. The second-order valence-electron chi connectivity index (χ2n) is 5.36. The van der Waals surface area contributed by atoms with Gasteiger partial charge in [0.2, 0.25) is 0 Å². The Morgan fingerprint density at radius 2 is 2.33 bits per heavy atom. The molecule has 1 N–H and O–H groups in total. The molecule has 0 radical (unpaired) electrons. The minimum atomic E-state index is 0.262. The van der Waals surface area contributed by atoms with Crippen molar-refractivity contribution in [3.05, 3.63) is 35.9 Å². The molecule has 1 aromatic carbocycles. The molecule has 0 spiro atoms. The van der Waals surface area contributed by atoms with Gasteiger partial charge < -0.3 is 14.8 Å². The summed E-state index contributed by atoms with van der Waals surface area (Å²) in [6.45, 7) is 5.20. The van der Waals surface area contributed by atoms with Crippen LogP contribution in [0.25, 0.3) is 0 Å². The molecule has 0 fully saturated rings. The second-order valence-corrected chi connectivity index (χ2v) is 5.36. The molecule has 21 heavy (non-hydrogen) atoms. The van der Waals surface area contributed by atoms with Crippen molar-refractivity contribution >= 4 is 0 Å². The number of hydrogen-bond acceptors (Lipinski definition) is 5. The average molecular weight is 288 g/mol. The summed E-state index contributed by atoms with van der Waals surface area (Å²) in [5.41, 5.74) is 1.18. The smallest absolute Gasteiger partial charge is 0.165 e. The molecule has 3 rings (SSSR count). The summed E-state index contributed by atoms with van der Waals surface area (Å²) in [6.07, 6.45) is 1.56. The Kier molecular flexibility index (Phi) is 3.79. The van der Waals surface area contributed by atoms with E-state index in [1.807, 2.05) is 29.9 Å². The summed E-state index contributed by atoms with van der Waals surface area (Å²) in [5.74, 6) is 2.49. The second kappa shape index (κ2) is 5.73. The number of aromatic nitrogens is 3. The predicted octanol–water partition coefficient (Wildman–Crippen LogP) is 2.09. The molecule has 0 saturated heterocycles. The maximum atomic E-state index is 5.81. The van der Waals surface area contributed by atoms with E-state index in [1.54, 1.807) is 6.33 Å². The highest BCUT2D eigenvalue weighted by atomic mass is 16.5. The Balaban J connectivity index is 1.70. The van der Waals surface area contributed by atoms with Crippen molar-refractivity contribution in [3.63, 3.8) is 0 Å². The highest BCUT2D eigenvalue weighted by Gasteiger charge is 2.23. The van der Waals surface area contributed by atoms with Crippen LogP contribution in [-0.2, 0) is 6.61 Å². The lowest BCUT2D eigenvalue weighted by molar-refractivity contribution is 0.279. The maximum Gasteiger partial charge on any atom is 0.165 e. The van der Waals surface area contributed by atoms with E-state index in [9.17, 15) is 0 Å². The molecule has 112 valence electrons. The van der Waals surface area contributed by atoms with Crippen LogP contribution in [0.5, 0.6) is 11.5 Å². The van der Waals surface area contributed by atoms with Crippen molar-refractivity contribution in [1.82, 2.24) is 20.1 Å². The first-order valence-electron chi connectivity index (χ1n) is 7.14. The van der Waals surface area contributed by atoms with Gasteiger partial charge >= 0.3 is 0 Å². The van der Waals surface area contributed by atoms with Crippen molar-refractivity contribution in [2.75, 3.05) is 13.7 Å². The van der Waals surface area contributed by atoms with Crippen LogP contribution in [0, 0.1) is 0 Å². The molecule has 1 aliphatic heterocycles. The van der Waals surface area contributed by atoms with Crippen molar-refractivity contribution in [1.29, 1.82) is 0 Å². The number of hydrogen-bond donors (Lipinski definition) is 1. The van der Waals surface area contributed by atoms with Gasteiger partial charge in [-0.15, -0.1) is 0 Å². The van der Waals surface area contributed by atoms with Crippen LogP contribution < -0.4 is 14.8 Å². The van der Waals surface area contributed by atoms with Gasteiger partial charge in [0, 0.05) is 17.7 Å². The Morgan fingerprint density at radius 3 is 3.10 bits per heavy atom. The fourth-order valence-electron chi connectivity index (χ4n) is 2.48. The Hall–Kier alpha value is -2.08. The number of nitrogens with zero attached hydrogens (tertiary/aromatic N) is 3. The van der Waals surface area contributed by atoms with Crippen LogP contribution in [0.2, 0.25) is 0 Å². The fraction of sp³-hybridized carbons (Fsp3) is 0.467. The van der Waals surface area contributed by atoms with Crippen molar-refractivity contribution < 1.29 is 9.47 Å². The third kappa shape index (κ3) is 2.71. The molecule has 6 nitrogen and oxygen atoms in total. The Morgan fingerprint density at radius 1 is 1.48 bits per heavy atom. The van der Waals surface area contributed by atoms with Gasteiger partial charge in [-0.1, -0.05) is 0 Å². The van der Waals surface area contributed by atoms with Gasteiger partial charge in [-0.2, -0.15) is 5.10 Å². The molecule has 1 aliphatic rings. The lowest BCUT2D eigenvalue weighted by Crippen LogP contribution is -2.17. The van der Waals surface area contributed by atoms with Crippen LogP contribution in [0.3, 0.4) is 0 Å². The molecule has 0 saturated carbocycles. The highest BCUT2D eigenvalue weighted by molar-refractivity contribution is 5.44. The summed E-state index contributed by atoms with van der Waals surface area (Å²) in [4.78, 5) is 4.24. The quantitative estimate of drug-likeness (QED) is 0.913. The molecule has 1 atom stereocenters. The van der Waals surface area contributed by atoms with Crippen LogP contribution in [-0.4, -0.2) is 28.4 Å². The van der Waals surface area contributed by atoms with Gasteiger partial charge in [-0.25, -0.2) is 9.67 Å². The monoisotopic (exact) mass is 288 g/mol. The number of fused-ring (bicyclic) bond motifs is 1. The van der Waals surface area contributed by atoms with Crippen molar-refractivity contribution in [3.8, 4) is 11.5 Å². The van der Waals surface area contributed by atoms with Crippen LogP contribution in [0.1, 0.15) is 37.3 Å². The number of nitrogens with one attached hydrogen (secondary N) is 1. The van der Waals surface area contributed by atoms with Gasteiger partial charge in [-0.3, -0.25) is 0 Å². The molecule has 6 heteroatoms. The van der Waals surface area contributed by atoms with E-state index in [0.29, 0.717) is 13.2 Å². The standard InChI is InChI=1S/C15H20N4O2/c1-10(2)19-15(17-9-18-19)8-20-11-4-5-12-13(16-3)7-21-14(12)6-11/h4-6,9-10,13,16H,7-8H2,1-3H3. The minimum Gasteiger partial charge on any atom is -0.491 e. The number of ether oxygens (including phenoxy) is 2. The molecular weight excluding hydrogens is 268 g/mol. The summed E-state index contributed by atoms with van der Waals surface area (Å²) in [6, 6.07) is 6.48. The molecule has 1 unspecified atom stereocenters. The Bertz CT molecular complexity index is 624. The molecule has 0 aliphatic carbocycles. The third-order valence-electron chi connectivity index (χ3n) is 3.62. The van der Waals surface area contributed by atoms with E-state index in [4.69, 9.17) is 9.47 Å². The van der Waals surface area contributed by atoms with Crippen molar-refractivity contribution in [2.45, 2.75) is 32.5 Å². The SMILES string of the molecule is CNC1COc2cc(OCc3ncnn3C(C)C)ccc21. The first-order chi connectivity index (χ1) is 10.2. The number of benzene rings is 1. The van der Waals surface area contributed by atoms with Gasteiger partial charge in [0.25, 0.3) is 0 Å². The molecule has 0 amide bonds. The normalized spacial score (nSPS) is 16.9. The van der Waals surface area contributed by atoms with E-state index in [-0.39, 0.29) is 12.1 Å². The zero-order chi connectivity index (χ0) is 14.8. The molecule has 0 bridgehead atoms. The third-order valence-corrected chi connectivity index (χ3v) is 3.62. The maximum absolute atomic E-state index is 5.81. The number of rotatable bonds is 5. The van der Waals surface area contributed by atoms with Gasteiger partial charge in [-0.05, 0) is 33.0 Å². The molecule has 1 aromatic heterocycles. The zero-order valence-electron chi connectivity index (χ0n) is 12.5. The summed E-state index contributed by atoms with van der Waals surface area (Å²) in [7, 11) is 1.94. The van der Waals surface area contributed by atoms with E-state index in [1.165, 1.54) is 5.56 Å². The summed E-state index contributed by atoms with van der Waals surface area (Å²) in [5, 5.41) is 7.43. The van der Waals surface area contributed by atoms with Crippen molar-refractivity contribution in [2.24, 2.45) is 0 Å². The minimum absolute atomic E-state index is 0.262. The van der Waals surface area contributed by atoms with E-state index in [2.05, 4.69) is 29.2 Å². The van der Waals surface area contributed by atoms with E-state index >= 15 is 0 Å². The van der Waals surface area contributed by atoms with Gasteiger partial charge in [0.05, 0.1) is 6.04 Å². The zero-order valence-corrected chi connectivity index (χ0v) is 12.5. The molecular formula is C15H20N4O2. The van der Waals surface area contributed by atoms with E-state index in [0.717, 1.165) is 17.3 Å². The Labute approximate surface area is 124 Å². The number of likely N-dealkylation sites (N-methyl/N-ethyl adjacent to an activating group) is 1. The van der Waals surface area contributed by atoms with Crippen LogP contribution in [0.4, 0.5) is 0 Å². The summed E-state index contributed by atoms with van der Waals surface area (Å²) < 4.78 is 13.3.